The SMILES string of the molecule is C[C@H](N)C(=O)S(=O)[O-]. The van der Waals surface area contributed by atoms with Crippen LogP contribution in [0.2, 0.25) is 0 Å². The fourth-order valence-corrected chi connectivity index (χ4v) is 0.455. The molecule has 0 saturated heterocycles. The number of hydrogen-bond donors (Lipinski definition) is 1. The van der Waals surface area contributed by atoms with Crippen LogP contribution in [0.4, 0.5) is 0 Å². The van der Waals surface area contributed by atoms with Gasteiger partial charge in [-0.2, -0.15) is 0 Å². The first kappa shape index (κ1) is 7.74. The van der Waals surface area contributed by atoms with Gasteiger partial charge in [-0.3, -0.25) is 9.00 Å². The van der Waals surface area contributed by atoms with E-state index >= 15 is 0 Å². The molecular formula is C3H6NO3S-. The molecule has 0 saturated carbocycles. The smallest absolute Gasteiger partial charge is 0.221 e. The maximum absolute atomic E-state index is 10.1. The largest absolute Gasteiger partial charge is 0.766 e. The second kappa shape index (κ2) is 2.91. The number of nitrogens with two attached hydrogens (primary N) is 1. The van der Waals surface area contributed by atoms with Crippen LogP contribution in [0.5, 0.6) is 0 Å². The zero-order chi connectivity index (χ0) is 6.73. The molecule has 0 radical (unpaired) electrons. The van der Waals surface area contributed by atoms with Crippen molar-refractivity contribution >= 4 is 16.2 Å². The lowest BCUT2D eigenvalue weighted by molar-refractivity contribution is -0.112. The van der Waals surface area contributed by atoms with E-state index in [2.05, 4.69) is 0 Å². The third-order valence-corrected chi connectivity index (χ3v) is 1.24. The molecule has 0 heterocycles. The predicted molar refractivity (Wildman–Crippen MR) is 27.6 cm³/mol. The van der Waals surface area contributed by atoms with Gasteiger partial charge in [0.1, 0.15) is 0 Å². The standard InChI is InChI=1S/C3H7NO3S/c1-2(4)3(5)8(6)7/h2H,4H2,1H3,(H,6,7)/p-1/t2-/m0/s1. The Hall–Kier alpha value is -0.260. The topological polar surface area (TPSA) is 83.2 Å². The van der Waals surface area contributed by atoms with Crippen LogP contribution in [-0.2, 0) is 15.9 Å². The molecule has 0 aromatic carbocycles. The van der Waals surface area contributed by atoms with Crippen molar-refractivity contribution < 1.29 is 13.6 Å². The lowest BCUT2D eigenvalue weighted by Gasteiger charge is -2.04. The lowest BCUT2D eigenvalue weighted by atomic mass is 10.4. The molecule has 2 atom stereocenters. The second-order valence-electron chi connectivity index (χ2n) is 1.34. The number of hydrogen-bond acceptors (Lipinski definition) is 4. The Kier molecular flexibility index (Phi) is 2.81. The van der Waals surface area contributed by atoms with Gasteiger partial charge < -0.3 is 10.3 Å². The molecule has 0 rings (SSSR count). The highest BCUT2D eigenvalue weighted by molar-refractivity contribution is 7.95. The van der Waals surface area contributed by atoms with Crippen molar-refractivity contribution in [3.8, 4) is 0 Å². The van der Waals surface area contributed by atoms with Crippen molar-refractivity contribution in [2.24, 2.45) is 5.73 Å². The van der Waals surface area contributed by atoms with Gasteiger partial charge >= 0.3 is 0 Å². The Balaban J connectivity index is 3.84. The first-order valence-electron chi connectivity index (χ1n) is 1.94. The van der Waals surface area contributed by atoms with Crippen molar-refractivity contribution in [1.82, 2.24) is 0 Å². The van der Waals surface area contributed by atoms with Gasteiger partial charge in [0.05, 0.1) is 6.04 Å². The van der Waals surface area contributed by atoms with Crippen LogP contribution < -0.4 is 5.73 Å². The van der Waals surface area contributed by atoms with Crippen LogP contribution in [0, 0.1) is 0 Å². The normalized spacial score (nSPS) is 17.4. The molecule has 0 amide bonds. The maximum Gasteiger partial charge on any atom is 0.221 e. The van der Waals surface area contributed by atoms with Crippen LogP contribution in [0.15, 0.2) is 0 Å². The Morgan fingerprint density at radius 2 is 2.25 bits per heavy atom. The Morgan fingerprint density at radius 3 is 2.25 bits per heavy atom. The van der Waals surface area contributed by atoms with Gasteiger partial charge in [-0.25, -0.2) is 0 Å². The summed E-state index contributed by atoms with van der Waals surface area (Å²) < 4.78 is 19.4. The van der Waals surface area contributed by atoms with E-state index < -0.39 is 22.2 Å². The van der Waals surface area contributed by atoms with E-state index in [-0.39, 0.29) is 0 Å². The predicted octanol–water partition coefficient (Wildman–Crippen LogP) is -1.26. The first-order chi connectivity index (χ1) is 3.55. The highest BCUT2D eigenvalue weighted by atomic mass is 32.2. The van der Waals surface area contributed by atoms with Gasteiger partial charge in [-0.1, -0.05) is 0 Å². The average molecular weight is 136 g/mol. The highest BCUT2D eigenvalue weighted by Crippen LogP contribution is 1.82. The summed E-state index contributed by atoms with van der Waals surface area (Å²) in [5.74, 6) is 0. The summed E-state index contributed by atoms with van der Waals surface area (Å²) in [6.07, 6.45) is 0. The van der Waals surface area contributed by atoms with Gasteiger partial charge in [-0.15, -0.1) is 0 Å². The Labute approximate surface area is 49.3 Å². The molecule has 0 spiro atoms. The van der Waals surface area contributed by atoms with Crippen molar-refractivity contribution in [1.29, 1.82) is 0 Å². The van der Waals surface area contributed by atoms with E-state index in [1.807, 2.05) is 0 Å². The molecule has 0 fully saturated rings. The second-order valence-corrected chi connectivity index (χ2v) is 2.21. The average Bonchev–Trinajstić information content (AvgIpc) is 1.64. The molecule has 2 N–H and O–H groups in total. The quantitative estimate of drug-likeness (QED) is 0.456. The van der Waals surface area contributed by atoms with E-state index in [0.717, 1.165) is 0 Å². The summed E-state index contributed by atoms with van der Waals surface area (Å²) in [6.45, 7) is 1.32. The van der Waals surface area contributed by atoms with Crippen molar-refractivity contribution in [3.63, 3.8) is 0 Å². The third-order valence-electron chi connectivity index (χ3n) is 0.536. The zero-order valence-electron chi connectivity index (χ0n) is 4.29. The van der Waals surface area contributed by atoms with Gasteiger partial charge in [-0.05, 0) is 6.92 Å². The summed E-state index contributed by atoms with van der Waals surface area (Å²) in [4.78, 5) is 10.1. The fourth-order valence-electron chi connectivity index (χ4n) is 0.152. The summed E-state index contributed by atoms with van der Waals surface area (Å²) in [5.41, 5.74) is 4.89. The van der Waals surface area contributed by atoms with Crippen molar-refractivity contribution in [2.45, 2.75) is 13.0 Å². The molecule has 1 unspecified atom stereocenters. The molecule has 0 aromatic rings. The summed E-state index contributed by atoms with van der Waals surface area (Å²) >= 11 is -2.65. The molecule has 0 aliphatic heterocycles. The van der Waals surface area contributed by atoms with Crippen LogP contribution in [0.25, 0.3) is 0 Å². The third kappa shape index (κ3) is 2.15. The highest BCUT2D eigenvalue weighted by Gasteiger charge is 2.05. The van der Waals surface area contributed by atoms with Crippen LogP contribution >= 0.6 is 0 Å². The van der Waals surface area contributed by atoms with Gasteiger partial charge in [0.25, 0.3) is 0 Å². The molecule has 0 aliphatic carbocycles. The lowest BCUT2D eigenvalue weighted by Crippen LogP contribution is -2.29. The molecule has 8 heavy (non-hydrogen) atoms. The van der Waals surface area contributed by atoms with E-state index in [1.54, 1.807) is 0 Å². The summed E-state index contributed by atoms with van der Waals surface area (Å²) in [6, 6.07) is -0.909. The van der Waals surface area contributed by atoms with Gasteiger partial charge in [0.2, 0.25) is 5.12 Å². The molecule has 0 aliphatic rings. The molecule has 48 valence electrons. The van der Waals surface area contributed by atoms with Crippen LogP contribution in [-0.4, -0.2) is 19.9 Å². The monoisotopic (exact) mass is 136 g/mol. The van der Waals surface area contributed by atoms with Gasteiger partial charge in [0, 0.05) is 11.1 Å². The molecule has 5 heteroatoms. The summed E-state index contributed by atoms with van der Waals surface area (Å²) in [7, 11) is 0. The maximum atomic E-state index is 10.1. The zero-order valence-corrected chi connectivity index (χ0v) is 5.10. The molecular weight excluding hydrogens is 130 g/mol. The van der Waals surface area contributed by atoms with E-state index in [1.165, 1.54) is 6.92 Å². The van der Waals surface area contributed by atoms with Crippen molar-refractivity contribution in [2.75, 3.05) is 0 Å². The van der Waals surface area contributed by atoms with Crippen LogP contribution in [0.1, 0.15) is 6.92 Å². The number of carbonyl (C=O) groups is 1. The minimum absolute atomic E-state index is 0.909. The fraction of sp³-hybridized carbons (Fsp3) is 0.667. The van der Waals surface area contributed by atoms with Crippen LogP contribution in [0.3, 0.4) is 0 Å². The van der Waals surface area contributed by atoms with E-state index in [4.69, 9.17) is 5.73 Å². The molecule has 0 bridgehead atoms. The molecule has 0 aromatic heterocycles. The number of carbonyl (C=O) groups excluding carboxylic acids is 1. The Morgan fingerprint density at radius 1 is 1.88 bits per heavy atom. The van der Waals surface area contributed by atoms with Crippen molar-refractivity contribution in [3.05, 3.63) is 0 Å². The van der Waals surface area contributed by atoms with Gasteiger partial charge in [0.15, 0.2) is 0 Å². The number of rotatable bonds is 1. The molecule has 4 nitrogen and oxygen atoms in total. The minimum atomic E-state index is -2.65. The summed E-state index contributed by atoms with van der Waals surface area (Å²) in [5, 5.41) is -0.954. The van der Waals surface area contributed by atoms with E-state index in [0.29, 0.717) is 0 Å². The Bertz CT molecular complexity index is 122. The minimum Gasteiger partial charge on any atom is -0.766 e. The van der Waals surface area contributed by atoms with E-state index in [9.17, 15) is 13.6 Å². The first-order valence-corrected chi connectivity index (χ1v) is 3.02.